The zero-order chi connectivity index (χ0) is 11.8. The van der Waals surface area contributed by atoms with Crippen LogP contribution in [-0.4, -0.2) is 16.5 Å². The Morgan fingerprint density at radius 3 is 2.06 bits per heavy atom. The molecule has 1 aliphatic rings. The number of amides is 1. The van der Waals surface area contributed by atoms with Gasteiger partial charge in [0, 0.05) is 11.3 Å². The first-order valence-electron chi connectivity index (χ1n) is 6.65. The molecule has 94 valence electrons. The molecule has 0 bridgehead atoms. The summed E-state index contributed by atoms with van der Waals surface area (Å²) in [6.45, 7) is 4.13. The van der Waals surface area contributed by atoms with Crippen molar-refractivity contribution in [3.63, 3.8) is 0 Å². The van der Waals surface area contributed by atoms with Crippen molar-refractivity contribution >= 4 is 17.0 Å². The topological polar surface area (TPSA) is 29.1 Å². The van der Waals surface area contributed by atoms with E-state index >= 15 is 0 Å². The van der Waals surface area contributed by atoms with Gasteiger partial charge in [0.05, 0.1) is 0 Å². The molecule has 1 aliphatic carbocycles. The van der Waals surface area contributed by atoms with Gasteiger partial charge in [0.15, 0.2) is 0 Å². The lowest BCUT2D eigenvalue weighted by Crippen LogP contribution is -2.32. The molecule has 0 aromatic heterocycles. The molecule has 1 rings (SSSR count). The number of thioether (sulfide) groups is 1. The quantitative estimate of drug-likeness (QED) is 0.781. The maximum absolute atomic E-state index is 11.7. The number of carbonyl (C=O) groups is 1. The lowest BCUT2D eigenvalue weighted by molar-refractivity contribution is 0.255. The van der Waals surface area contributed by atoms with Crippen molar-refractivity contribution in [2.24, 2.45) is 0 Å². The Bertz CT molecular complexity index is 196. The van der Waals surface area contributed by atoms with Gasteiger partial charge in [-0.2, -0.15) is 0 Å². The van der Waals surface area contributed by atoms with Crippen molar-refractivity contribution < 1.29 is 4.79 Å². The van der Waals surface area contributed by atoms with Crippen molar-refractivity contribution in [1.29, 1.82) is 0 Å². The lowest BCUT2D eigenvalue weighted by atomic mass is 10.1. The third-order valence-corrected chi connectivity index (χ3v) is 3.82. The molecule has 0 aromatic rings. The molecule has 0 atom stereocenters. The molecular formula is C13H25NOS. The van der Waals surface area contributed by atoms with Crippen molar-refractivity contribution in [1.82, 2.24) is 5.32 Å². The SMILES string of the molecule is CC(C)SC(=O)NC1CCCCCCCC1. The first-order valence-corrected chi connectivity index (χ1v) is 7.53. The summed E-state index contributed by atoms with van der Waals surface area (Å²) in [4.78, 5) is 11.7. The molecule has 1 fully saturated rings. The fourth-order valence-corrected chi connectivity index (χ4v) is 2.85. The van der Waals surface area contributed by atoms with Gasteiger partial charge < -0.3 is 5.32 Å². The van der Waals surface area contributed by atoms with Crippen molar-refractivity contribution in [2.45, 2.75) is 76.5 Å². The van der Waals surface area contributed by atoms with E-state index in [0.29, 0.717) is 11.3 Å². The zero-order valence-electron chi connectivity index (χ0n) is 10.6. The Labute approximate surface area is 104 Å². The summed E-state index contributed by atoms with van der Waals surface area (Å²) in [5.74, 6) is 0. The molecule has 1 saturated carbocycles. The van der Waals surface area contributed by atoms with Crippen LogP contribution >= 0.6 is 11.8 Å². The van der Waals surface area contributed by atoms with E-state index in [4.69, 9.17) is 0 Å². The van der Waals surface area contributed by atoms with Gasteiger partial charge in [0.2, 0.25) is 0 Å². The number of carbonyl (C=O) groups excluding carboxylic acids is 1. The molecule has 0 radical (unpaired) electrons. The first kappa shape index (κ1) is 13.9. The Morgan fingerprint density at radius 2 is 1.56 bits per heavy atom. The highest BCUT2D eigenvalue weighted by Gasteiger charge is 2.14. The summed E-state index contributed by atoms with van der Waals surface area (Å²) in [6, 6.07) is 0.428. The molecule has 3 heteroatoms. The summed E-state index contributed by atoms with van der Waals surface area (Å²) in [5.41, 5.74) is 0. The van der Waals surface area contributed by atoms with Crippen LogP contribution in [0.2, 0.25) is 0 Å². The molecule has 0 unspecified atom stereocenters. The highest BCUT2D eigenvalue weighted by molar-refractivity contribution is 8.14. The van der Waals surface area contributed by atoms with Gasteiger partial charge in [-0.15, -0.1) is 0 Å². The molecular weight excluding hydrogens is 218 g/mol. The van der Waals surface area contributed by atoms with Crippen LogP contribution in [0.1, 0.15) is 65.2 Å². The fourth-order valence-electron chi connectivity index (χ4n) is 2.19. The number of nitrogens with one attached hydrogen (secondary N) is 1. The molecule has 2 nitrogen and oxygen atoms in total. The van der Waals surface area contributed by atoms with Gasteiger partial charge >= 0.3 is 0 Å². The molecule has 1 amide bonds. The molecule has 0 spiro atoms. The van der Waals surface area contributed by atoms with Gasteiger partial charge in [-0.05, 0) is 12.8 Å². The second-order valence-electron chi connectivity index (χ2n) is 4.99. The van der Waals surface area contributed by atoms with Crippen molar-refractivity contribution in [3.8, 4) is 0 Å². The lowest BCUT2D eigenvalue weighted by Gasteiger charge is -2.18. The summed E-state index contributed by atoms with van der Waals surface area (Å²) >= 11 is 1.42. The monoisotopic (exact) mass is 243 g/mol. The summed E-state index contributed by atoms with van der Waals surface area (Å²) in [5, 5.41) is 3.72. The third kappa shape index (κ3) is 6.41. The Morgan fingerprint density at radius 1 is 1.06 bits per heavy atom. The Kier molecular flexibility index (Phi) is 6.93. The summed E-state index contributed by atoms with van der Waals surface area (Å²) < 4.78 is 0. The largest absolute Gasteiger partial charge is 0.344 e. The van der Waals surface area contributed by atoms with Gasteiger partial charge in [0.1, 0.15) is 0 Å². The minimum absolute atomic E-state index is 0.166. The summed E-state index contributed by atoms with van der Waals surface area (Å²) in [7, 11) is 0. The maximum atomic E-state index is 11.7. The van der Waals surface area contributed by atoms with Crippen LogP contribution in [0.5, 0.6) is 0 Å². The van der Waals surface area contributed by atoms with Crippen LogP contribution in [0.3, 0.4) is 0 Å². The van der Waals surface area contributed by atoms with Crippen molar-refractivity contribution in [2.75, 3.05) is 0 Å². The molecule has 0 saturated heterocycles. The average Bonchev–Trinajstić information content (AvgIpc) is 2.30. The van der Waals surface area contributed by atoms with Gasteiger partial charge in [-0.1, -0.05) is 64.1 Å². The Hall–Kier alpha value is -0.180. The average molecular weight is 243 g/mol. The Balaban J connectivity index is 2.28. The van der Waals surface area contributed by atoms with Gasteiger partial charge in [-0.3, -0.25) is 4.79 Å². The van der Waals surface area contributed by atoms with E-state index in [0.717, 1.165) is 0 Å². The second kappa shape index (κ2) is 7.99. The van der Waals surface area contributed by atoms with Gasteiger partial charge in [0.25, 0.3) is 5.24 Å². The van der Waals surface area contributed by atoms with Crippen molar-refractivity contribution in [3.05, 3.63) is 0 Å². The van der Waals surface area contributed by atoms with E-state index in [-0.39, 0.29) is 5.24 Å². The maximum Gasteiger partial charge on any atom is 0.279 e. The minimum Gasteiger partial charge on any atom is -0.344 e. The van der Waals surface area contributed by atoms with E-state index in [1.54, 1.807) is 0 Å². The second-order valence-corrected chi connectivity index (χ2v) is 6.54. The molecule has 1 N–H and O–H groups in total. The van der Waals surface area contributed by atoms with Gasteiger partial charge in [-0.25, -0.2) is 0 Å². The number of hydrogen-bond donors (Lipinski definition) is 1. The van der Waals surface area contributed by atoms with E-state index in [9.17, 15) is 4.79 Å². The van der Waals surface area contributed by atoms with Crippen LogP contribution in [0, 0.1) is 0 Å². The molecule has 0 aromatic carbocycles. The molecule has 16 heavy (non-hydrogen) atoms. The van der Waals surface area contributed by atoms with Crippen LogP contribution in [-0.2, 0) is 0 Å². The predicted molar refractivity (Wildman–Crippen MR) is 72.0 cm³/mol. The van der Waals surface area contributed by atoms with E-state index in [1.165, 1.54) is 63.1 Å². The van der Waals surface area contributed by atoms with Crippen LogP contribution in [0.4, 0.5) is 4.79 Å². The summed E-state index contributed by atoms with van der Waals surface area (Å²) in [6.07, 6.45) is 10.3. The zero-order valence-corrected chi connectivity index (χ0v) is 11.4. The van der Waals surface area contributed by atoms with E-state index < -0.39 is 0 Å². The van der Waals surface area contributed by atoms with Crippen LogP contribution in [0.15, 0.2) is 0 Å². The molecule has 0 aliphatic heterocycles. The van der Waals surface area contributed by atoms with E-state index in [2.05, 4.69) is 19.2 Å². The standard InChI is InChI=1S/C13H25NOS/c1-11(2)16-13(15)14-12-9-7-5-3-4-6-8-10-12/h11-12H,3-10H2,1-2H3,(H,14,15). The predicted octanol–water partition coefficient (Wildman–Crippen LogP) is 4.34. The van der Waals surface area contributed by atoms with E-state index in [1.807, 2.05) is 0 Å². The van der Waals surface area contributed by atoms with Crippen LogP contribution < -0.4 is 5.32 Å². The first-order chi connectivity index (χ1) is 7.68. The molecule has 0 heterocycles. The fraction of sp³-hybridized carbons (Fsp3) is 0.923. The number of rotatable bonds is 2. The third-order valence-electron chi connectivity index (χ3n) is 3.02. The highest BCUT2D eigenvalue weighted by Crippen LogP contribution is 2.18. The van der Waals surface area contributed by atoms with Crippen LogP contribution in [0.25, 0.3) is 0 Å². The highest BCUT2D eigenvalue weighted by atomic mass is 32.2. The minimum atomic E-state index is 0.166. The number of hydrogen-bond acceptors (Lipinski definition) is 2. The smallest absolute Gasteiger partial charge is 0.279 e. The normalized spacial score (nSPS) is 19.9.